The predicted octanol–water partition coefficient (Wildman–Crippen LogP) is 3.52. The average Bonchev–Trinajstić information content (AvgIpc) is 2.47. The van der Waals surface area contributed by atoms with Crippen molar-refractivity contribution in [3.8, 4) is 0 Å². The summed E-state index contributed by atoms with van der Waals surface area (Å²) in [4.78, 5) is 4.27. The first-order chi connectivity index (χ1) is 9.65. The minimum absolute atomic E-state index is 0.164. The highest BCUT2D eigenvalue weighted by Gasteiger charge is 2.17. The van der Waals surface area contributed by atoms with Gasteiger partial charge >= 0.3 is 0 Å². The van der Waals surface area contributed by atoms with Gasteiger partial charge < -0.3 is 5.32 Å². The highest BCUT2D eigenvalue weighted by molar-refractivity contribution is 5.97. The third-order valence-corrected chi connectivity index (χ3v) is 3.48. The molecule has 4 heteroatoms. The Labute approximate surface area is 119 Å². The fourth-order valence-electron chi connectivity index (χ4n) is 2.34. The molecule has 1 atom stereocenters. The summed E-state index contributed by atoms with van der Waals surface area (Å²) in [5, 5.41) is 11.2. The number of halogens is 1. The summed E-state index contributed by atoms with van der Waals surface area (Å²) in [5.41, 5.74) is 2.43. The van der Waals surface area contributed by atoms with Gasteiger partial charge in [0.05, 0.1) is 11.7 Å². The number of aromatic nitrogens is 1. The standard InChI is InChI=1S/C16H20FN3/c1-3-11-7-8-12(10-14(11)17)20-16(18)13-6-5-9-19-15(13)4-2/h5-7,9-10,12H,3-4,8H2,1-2H3,(H2,18,20). The van der Waals surface area contributed by atoms with E-state index in [1.54, 1.807) is 12.3 Å². The van der Waals surface area contributed by atoms with Crippen LogP contribution in [0.3, 0.4) is 0 Å². The van der Waals surface area contributed by atoms with E-state index in [2.05, 4.69) is 10.3 Å². The van der Waals surface area contributed by atoms with Gasteiger partial charge in [0, 0.05) is 11.8 Å². The molecule has 0 bridgehead atoms. The van der Waals surface area contributed by atoms with Gasteiger partial charge in [0.1, 0.15) is 11.7 Å². The molecular weight excluding hydrogens is 253 g/mol. The van der Waals surface area contributed by atoms with Crippen LogP contribution in [-0.4, -0.2) is 16.9 Å². The Morgan fingerprint density at radius 1 is 1.45 bits per heavy atom. The zero-order valence-corrected chi connectivity index (χ0v) is 11.9. The number of hydrogen-bond donors (Lipinski definition) is 2. The van der Waals surface area contributed by atoms with Crippen molar-refractivity contribution < 1.29 is 4.39 Å². The first kappa shape index (κ1) is 14.4. The van der Waals surface area contributed by atoms with Crippen LogP contribution in [0.5, 0.6) is 0 Å². The van der Waals surface area contributed by atoms with Gasteiger partial charge in [-0.05, 0) is 43.0 Å². The summed E-state index contributed by atoms with van der Waals surface area (Å²) in [6, 6.07) is 3.52. The molecule has 0 saturated carbocycles. The molecule has 0 amide bonds. The Morgan fingerprint density at radius 2 is 2.25 bits per heavy atom. The van der Waals surface area contributed by atoms with E-state index in [0.29, 0.717) is 18.7 Å². The maximum atomic E-state index is 13.8. The lowest BCUT2D eigenvalue weighted by Gasteiger charge is -2.21. The van der Waals surface area contributed by atoms with E-state index < -0.39 is 0 Å². The minimum Gasteiger partial charge on any atom is -0.363 e. The zero-order valence-electron chi connectivity index (χ0n) is 11.9. The molecule has 1 unspecified atom stereocenters. The van der Waals surface area contributed by atoms with E-state index in [0.717, 1.165) is 23.3 Å². The number of pyridine rings is 1. The maximum Gasteiger partial charge on any atom is 0.127 e. The zero-order chi connectivity index (χ0) is 14.5. The van der Waals surface area contributed by atoms with E-state index >= 15 is 0 Å². The Kier molecular flexibility index (Phi) is 4.66. The quantitative estimate of drug-likeness (QED) is 0.651. The second kappa shape index (κ2) is 6.46. The van der Waals surface area contributed by atoms with E-state index in [1.807, 2.05) is 32.1 Å². The molecule has 1 heterocycles. The highest BCUT2D eigenvalue weighted by atomic mass is 19.1. The molecule has 1 aliphatic carbocycles. The number of amidine groups is 1. The maximum absolute atomic E-state index is 13.8. The van der Waals surface area contributed by atoms with Gasteiger partial charge in [-0.15, -0.1) is 0 Å². The van der Waals surface area contributed by atoms with Crippen LogP contribution in [0.15, 0.2) is 41.9 Å². The Balaban J connectivity index is 2.08. The molecule has 1 aromatic rings. The van der Waals surface area contributed by atoms with Crippen molar-refractivity contribution in [1.82, 2.24) is 10.3 Å². The summed E-state index contributed by atoms with van der Waals surface area (Å²) >= 11 is 0. The van der Waals surface area contributed by atoms with Crippen molar-refractivity contribution in [2.75, 3.05) is 0 Å². The minimum atomic E-state index is -0.175. The van der Waals surface area contributed by atoms with Crippen LogP contribution in [0, 0.1) is 5.41 Å². The largest absolute Gasteiger partial charge is 0.363 e. The number of hydrogen-bond acceptors (Lipinski definition) is 2. The van der Waals surface area contributed by atoms with Crippen molar-refractivity contribution in [2.45, 2.75) is 39.2 Å². The molecule has 0 aliphatic heterocycles. The molecule has 2 N–H and O–H groups in total. The fourth-order valence-corrected chi connectivity index (χ4v) is 2.34. The Bertz CT molecular complexity index is 561. The van der Waals surface area contributed by atoms with Crippen molar-refractivity contribution in [1.29, 1.82) is 5.41 Å². The molecule has 1 aromatic heterocycles. The van der Waals surface area contributed by atoms with E-state index in [1.165, 1.54) is 0 Å². The summed E-state index contributed by atoms with van der Waals surface area (Å²) in [6.45, 7) is 3.95. The van der Waals surface area contributed by atoms with Crippen LogP contribution >= 0.6 is 0 Å². The van der Waals surface area contributed by atoms with Crippen molar-refractivity contribution in [3.05, 3.63) is 53.1 Å². The highest BCUT2D eigenvalue weighted by Crippen LogP contribution is 2.22. The van der Waals surface area contributed by atoms with Crippen LogP contribution in [0.4, 0.5) is 4.39 Å². The van der Waals surface area contributed by atoms with Crippen molar-refractivity contribution in [3.63, 3.8) is 0 Å². The first-order valence-corrected chi connectivity index (χ1v) is 7.01. The second-order valence-corrected chi connectivity index (χ2v) is 4.81. The Morgan fingerprint density at radius 3 is 2.90 bits per heavy atom. The van der Waals surface area contributed by atoms with Crippen molar-refractivity contribution in [2.24, 2.45) is 0 Å². The van der Waals surface area contributed by atoms with Gasteiger partial charge in [-0.3, -0.25) is 10.4 Å². The van der Waals surface area contributed by atoms with Crippen LogP contribution in [0.1, 0.15) is 37.9 Å². The third kappa shape index (κ3) is 3.13. The summed E-state index contributed by atoms with van der Waals surface area (Å²) < 4.78 is 13.8. The van der Waals surface area contributed by atoms with Gasteiger partial charge in [-0.25, -0.2) is 4.39 Å². The monoisotopic (exact) mass is 273 g/mol. The number of nitrogens with one attached hydrogen (secondary N) is 2. The van der Waals surface area contributed by atoms with Gasteiger partial charge in [-0.1, -0.05) is 19.9 Å². The van der Waals surface area contributed by atoms with Gasteiger partial charge in [0.2, 0.25) is 0 Å². The lowest BCUT2D eigenvalue weighted by molar-refractivity contribution is 0.598. The molecule has 0 spiro atoms. The second-order valence-electron chi connectivity index (χ2n) is 4.81. The molecule has 0 fully saturated rings. The molecule has 3 nitrogen and oxygen atoms in total. The number of rotatable bonds is 4. The van der Waals surface area contributed by atoms with Crippen LogP contribution in [0.2, 0.25) is 0 Å². The smallest absolute Gasteiger partial charge is 0.127 e. The van der Waals surface area contributed by atoms with E-state index in [4.69, 9.17) is 5.41 Å². The number of allylic oxidation sites excluding steroid dienone is 2. The summed E-state index contributed by atoms with van der Waals surface area (Å²) in [6.07, 6.45) is 7.39. The molecule has 20 heavy (non-hydrogen) atoms. The van der Waals surface area contributed by atoms with Crippen LogP contribution < -0.4 is 5.32 Å². The summed E-state index contributed by atoms with van der Waals surface area (Å²) in [5.74, 6) is 0.128. The van der Waals surface area contributed by atoms with Crippen molar-refractivity contribution >= 4 is 5.84 Å². The molecular formula is C16H20FN3. The van der Waals surface area contributed by atoms with Gasteiger partial charge in [0.15, 0.2) is 0 Å². The number of nitrogens with zero attached hydrogens (tertiary/aromatic N) is 1. The van der Waals surface area contributed by atoms with Crippen LogP contribution in [-0.2, 0) is 6.42 Å². The average molecular weight is 273 g/mol. The fraction of sp³-hybridized carbons (Fsp3) is 0.375. The molecule has 106 valence electrons. The Hall–Kier alpha value is -1.97. The SMILES string of the molecule is CCC1=CCC(NC(=N)c2cccnc2CC)C=C1F. The normalized spacial score (nSPS) is 18.2. The molecule has 0 saturated heterocycles. The lowest BCUT2D eigenvalue weighted by atomic mass is 9.99. The van der Waals surface area contributed by atoms with Crippen LogP contribution in [0.25, 0.3) is 0 Å². The molecule has 0 radical (unpaired) electrons. The van der Waals surface area contributed by atoms with E-state index in [9.17, 15) is 4.39 Å². The summed E-state index contributed by atoms with van der Waals surface area (Å²) in [7, 11) is 0. The third-order valence-electron chi connectivity index (χ3n) is 3.48. The molecule has 0 aromatic carbocycles. The van der Waals surface area contributed by atoms with Gasteiger partial charge in [-0.2, -0.15) is 0 Å². The number of aryl methyl sites for hydroxylation is 1. The lowest BCUT2D eigenvalue weighted by Crippen LogP contribution is -2.35. The topological polar surface area (TPSA) is 48.8 Å². The molecule has 1 aliphatic rings. The molecule has 2 rings (SSSR count). The van der Waals surface area contributed by atoms with E-state index in [-0.39, 0.29) is 11.9 Å². The predicted molar refractivity (Wildman–Crippen MR) is 79.5 cm³/mol. The first-order valence-electron chi connectivity index (χ1n) is 7.01. The van der Waals surface area contributed by atoms with Gasteiger partial charge in [0.25, 0.3) is 0 Å².